The van der Waals surface area contributed by atoms with E-state index in [1.54, 1.807) is 24.3 Å². The number of ether oxygens (including phenoxy) is 1. The van der Waals surface area contributed by atoms with Gasteiger partial charge in [0.05, 0.1) is 24.9 Å². The maximum absolute atomic E-state index is 14.4. The largest absolute Gasteiger partial charge is 0.490 e. The third-order valence-corrected chi connectivity index (χ3v) is 5.68. The maximum atomic E-state index is 14.4. The second-order valence-corrected chi connectivity index (χ2v) is 8.78. The van der Waals surface area contributed by atoms with E-state index in [9.17, 15) is 22.8 Å². The molecule has 2 aromatic rings. The van der Waals surface area contributed by atoms with E-state index in [0.717, 1.165) is 5.70 Å². The van der Waals surface area contributed by atoms with Gasteiger partial charge < -0.3 is 20.8 Å². The van der Waals surface area contributed by atoms with Crippen molar-refractivity contribution in [2.24, 2.45) is 0 Å². The highest BCUT2D eigenvalue weighted by molar-refractivity contribution is 5.91. The molecule has 198 valence electrons. The van der Waals surface area contributed by atoms with Crippen molar-refractivity contribution in [3.8, 4) is 5.75 Å². The Morgan fingerprint density at radius 2 is 2.11 bits per heavy atom. The number of nitrogens with zero attached hydrogens (tertiary/aromatic N) is 4. The molecule has 1 saturated carbocycles. The monoisotopic (exact) mass is 520 g/mol. The predicted octanol–water partition coefficient (Wildman–Crippen LogP) is 1.52. The molecule has 4 rings (SSSR count). The van der Waals surface area contributed by atoms with Crippen molar-refractivity contribution in [3.63, 3.8) is 0 Å². The summed E-state index contributed by atoms with van der Waals surface area (Å²) in [6.07, 6.45) is 4.39. The Labute approximate surface area is 210 Å². The standard InChI is InChI=1S/C23H27F3N8O3/c1-27-22(36)19-13-34(33-31-19)12-14(24)2-3-15-4-5-20(32-30-15)29-21(35)9-16-8-17(6-7-28-16)37-18-10-23(25,26)11-18/h4-8,13-14,18,30,32H,2-3,9-12H2,1H3,(H,27,36)(H,29,35)/t14-/m1/s1. The lowest BCUT2D eigenvalue weighted by Gasteiger charge is -2.34. The van der Waals surface area contributed by atoms with Crippen LogP contribution in [0.3, 0.4) is 0 Å². The number of aromatic nitrogens is 4. The number of amides is 2. The van der Waals surface area contributed by atoms with E-state index in [4.69, 9.17) is 4.74 Å². The van der Waals surface area contributed by atoms with Gasteiger partial charge in [-0.15, -0.1) is 5.10 Å². The van der Waals surface area contributed by atoms with E-state index >= 15 is 0 Å². The van der Waals surface area contributed by atoms with Gasteiger partial charge in [-0.2, -0.15) is 0 Å². The van der Waals surface area contributed by atoms with Crippen LogP contribution in [-0.2, 0) is 17.8 Å². The summed E-state index contributed by atoms with van der Waals surface area (Å²) in [5, 5.41) is 12.6. The molecule has 1 aliphatic heterocycles. The van der Waals surface area contributed by atoms with Gasteiger partial charge in [-0.05, 0) is 31.1 Å². The molecule has 14 heteroatoms. The molecule has 3 heterocycles. The fourth-order valence-corrected chi connectivity index (χ4v) is 3.73. The van der Waals surface area contributed by atoms with Crippen LogP contribution in [0.15, 0.2) is 48.2 Å². The molecular formula is C23H27F3N8O3. The number of alkyl halides is 3. The van der Waals surface area contributed by atoms with Gasteiger partial charge in [-0.1, -0.05) is 5.21 Å². The maximum Gasteiger partial charge on any atom is 0.273 e. The molecule has 0 bridgehead atoms. The van der Waals surface area contributed by atoms with Crippen LogP contribution in [0.5, 0.6) is 5.75 Å². The van der Waals surface area contributed by atoms with Crippen LogP contribution in [0.2, 0.25) is 0 Å². The number of halogens is 3. The lowest BCUT2D eigenvalue weighted by atomic mass is 9.91. The van der Waals surface area contributed by atoms with Gasteiger partial charge in [0.2, 0.25) is 5.91 Å². The molecule has 37 heavy (non-hydrogen) atoms. The number of hydrogen-bond acceptors (Lipinski definition) is 8. The van der Waals surface area contributed by atoms with E-state index in [1.165, 1.54) is 24.1 Å². The molecule has 11 nitrogen and oxygen atoms in total. The molecule has 2 aromatic heterocycles. The van der Waals surface area contributed by atoms with Crippen LogP contribution in [0.1, 0.15) is 41.9 Å². The molecule has 0 aromatic carbocycles. The summed E-state index contributed by atoms with van der Waals surface area (Å²) in [5.74, 6) is -2.61. The van der Waals surface area contributed by atoms with Crippen LogP contribution in [0, 0.1) is 0 Å². The zero-order chi connectivity index (χ0) is 26.4. The Morgan fingerprint density at radius 1 is 1.30 bits per heavy atom. The van der Waals surface area contributed by atoms with E-state index in [0.29, 0.717) is 23.7 Å². The first kappa shape index (κ1) is 26.0. The molecule has 4 N–H and O–H groups in total. The van der Waals surface area contributed by atoms with Crippen molar-refractivity contribution in [3.05, 3.63) is 59.6 Å². The normalized spacial score (nSPS) is 17.3. The summed E-state index contributed by atoms with van der Waals surface area (Å²) < 4.78 is 47.1. The van der Waals surface area contributed by atoms with E-state index < -0.39 is 24.1 Å². The molecule has 1 aliphatic carbocycles. The van der Waals surface area contributed by atoms with Crippen molar-refractivity contribution in [2.45, 2.75) is 56.8 Å². The zero-order valence-electron chi connectivity index (χ0n) is 20.0. The van der Waals surface area contributed by atoms with Gasteiger partial charge >= 0.3 is 0 Å². The number of rotatable bonds is 11. The fourth-order valence-electron chi connectivity index (χ4n) is 3.73. The summed E-state index contributed by atoms with van der Waals surface area (Å²) in [6, 6.07) is 3.12. The van der Waals surface area contributed by atoms with Crippen molar-refractivity contribution < 1.29 is 27.5 Å². The lowest BCUT2D eigenvalue weighted by molar-refractivity contribution is -0.134. The Balaban J connectivity index is 1.20. The molecule has 0 spiro atoms. The van der Waals surface area contributed by atoms with Gasteiger partial charge in [-0.3, -0.25) is 20.0 Å². The number of carbonyl (C=O) groups excluding carboxylic acids is 2. The molecule has 0 unspecified atom stereocenters. The van der Waals surface area contributed by atoms with E-state index in [-0.39, 0.29) is 43.8 Å². The quantitative estimate of drug-likeness (QED) is 0.350. The van der Waals surface area contributed by atoms with E-state index in [2.05, 4.69) is 36.8 Å². The number of allylic oxidation sites excluding steroid dienone is 3. The molecule has 1 atom stereocenters. The first-order chi connectivity index (χ1) is 17.7. The van der Waals surface area contributed by atoms with Crippen LogP contribution in [-0.4, -0.2) is 57.0 Å². The van der Waals surface area contributed by atoms with Crippen molar-refractivity contribution in [2.75, 3.05) is 7.05 Å². The molecular weight excluding hydrogens is 493 g/mol. The summed E-state index contributed by atoms with van der Waals surface area (Å²) in [6.45, 7) is -0.0325. The minimum absolute atomic E-state index is 0.0325. The fraction of sp³-hybridized carbons (Fsp3) is 0.435. The highest BCUT2D eigenvalue weighted by Crippen LogP contribution is 2.39. The molecule has 2 aliphatic rings. The summed E-state index contributed by atoms with van der Waals surface area (Å²) in [5.41, 5.74) is 7.03. The number of pyridine rings is 1. The Kier molecular flexibility index (Phi) is 7.94. The van der Waals surface area contributed by atoms with Gasteiger partial charge in [0.15, 0.2) is 5.69 Å². The summed E-state index contributed by atoms with van der Waals surface area (Å²) in [7, 11) is 1.47. The van der Waals surface area contributed by atoms with Gasteiger partial charge in [-0.25, -0.2) is 17.9 Å². The van der Waals surface area contributed by atoms with Crippen LogP contribution < -0.4 is 26.2 Å². The predicted molar refractivity (Wildman–Crippen MR) is 125 cm³/mol. The van der Waals surface area contributed by atoms with Crippen molar-refractivity contribution >= 4 is 11.8 Å². The van der Waals surface area contributed by atoms with Gasteiger partial charge in [0, 0.05) is 37.8 Å². The number of hydrazine groups is 1. The lowest BCUT2D eigenvalue weighted by Crippen LogP contribution is -2.43. The number of hydrogen-bond donors (Lipinski definition) is 4. The summed E-state index contributed by atoms with van der Waals surface area (Å²) in [4.78, 5) is 28.0. The van der Waals surface area contributed by atoms with Crippen molar-refractivity contribution in [1.82, 2.24) is 41.5 Å². The molecule has 0 radical (unpaired) electrons. The number of carbonyl (C=O) groups is 2. The van der Waals surface area contributed by atoms with Gasteiger partial charge in [0.1, 0.15) is 23.8 Å². The minimum Gasteiger partial charge on any atom is -0.490 e. The number of nitrogens with one attached hydrogen (secondary N) is 4. The minimum atomic E-state index is -2.67. The Morgan fingerprint density at radius 3 is 2.81 bits per heavy atom. The molecule has 2 amide bonds. The van der Waals surface area contributed by atoms with Crippen LogP contribution in [0.25, 0.3) is 0 Å². The first-order valence-electron chi connectivity index (χ1n) is 11.7. The Hall–Kier alpha value is -4.10. The van der Waals surface area contributed by atoms with Gasteiger partial charge in [0.25, 0.3) is 11.8 Å². The van der Waals surface area contributed by atoms with E-state index in [1.807, 2.05) is 0 Å². The molecule has 0 saturated heterocycles. The second-order valence-electron chi connectivity index (χ2n) is 8.78. The van der Waals surface area contributed by atoms with Crippen LogP contribution >= 0.6 is 0 Å². The molecule has 1 fully saturated rings. The average molecular weight is 521 g/mol. The third-order valence-electron chi connectivity index (χ3n) is 5.68. The topological polar surface area (TPSA) is 135 Å². The Bertz CT molecular complexity index is 1190. The SMILES string of the molecule is CNC(=O)c1cn(C[C@H](F)CCC2=CC=C(NC(=O)Cc3cc(OC4CC(F)(F)C4)ccn3)NN2)nn1. The first-order valence-corrected chi connectivity index (χ1v) is 11.7. The second kappa shape index (κ2) is 11.3. The summed E-state index contributed by atoms with van der Waals surface area (Å²) >= 11 is 0. The zero-order valence-corrected chi connectivity index (χ0v) is 20.0. The van der Waals surface area contributed by atoms with Crippen molar-refractivity contribution in [1.29, 1.82) is 0 Å². The smallest absolute Gasteiger partial charge is 0.273 e. The highest BCUT2D eigenvalue weighted by atomic mass is 19.3. The third kappa shape index (κ3) is 7.44. The highest BCUT2D eigenvalue weighted by Gasteiger charge is 2.47. The van der Waals surface area contributed by atoms with Crippen LogP contribution in [0.4, 0.5) is 13.2 Å². The average Bonchev–Trinajstić information content (AvgIpc) is 3.30.